The van der Waals surface area contributed by atoms with E-state index in [1.54, 1.807) is 113 Å². The lowest BCUT2D eigenvalue weighted by molar-refractivity contribution is -0.311. The van der Waals surface area contributed by atoms with Gasteiger partial charge in [-0.15, -0.1) is 0 Å². The molecule has 4 heterocycles. The number of fused-ring (bicyclic) bond motifs is 1. The molecule has 8 N–H and O–H groups in total. The number of carbonyl (C=O) groups is 7. The zero-order chi connectivity index (χ0) is 60.3. The number of aliphatic hydroxyl groups excluding tert-OH is 3. The molecule has 3 fully saturated rings. The van der Waals surface area contributed by atoms with Crippen molar-refractivity contribution in [1.82, 2.24) is 36.0 Å². The molecule has 1 aromatic rings. The number of likely N-dealkylation sites (N-methyl/N-ethyl adjacent to an activating group) is 1. The number of amides is 7. The van der Waals surface area contributed by atoms with Gasteiger partial charge in [-0.2, -0.15) is 0 Å². The Hall–Kier alpha value is -5.87. The average Bonchev–Trinajstić information content (AvgIpc) is 3.75. The Morgan fingerprint density at radius 1 is 0.753 bits per heavy atom. The summed E-state index contributed by atoms with van der Waals surface area (Å²) in [4.78, 5) is 97.0. The SMILES string of the molecule is CN(C(=O)OC(C)(C)C)[C@@H]1[C@@H](O)[C@@H](O[C@@H]2[C@@H](O)[C@H](O[C@H]3OC(CNCCCN4C(=O)c5ccccc5C4=O)=CC[C@H]3NC(=O)OC(C)(C)C)[C@@H](NC(=O)OC(C)(C)C)C[C@H]2NC(=O)C(O)C2CN(C(=O)OC(C)(C)C)C2)OC[C@]1(C)O. The van der Waals surface area contributed by atoms with Crippen molar-refractivity contribution in [3.63, 3.8) is 0 Å². The molecule has 0 radical (unpaired) electrons. The lowest BCUT2D eigenvalue weighted by atomic mass is 9.82. The second-order valence-electron chi connectivity index (χ2n) is 25.4. The Kier molecular flexibility index (Phi) is 20.1. The molecule has 81 heavy (non-hydrogen) atoms. The van der Waals surface area contributed by atoms with Crippen LogP contribution in [-0.4, -0.2) is 219 Å². The average molecular weight is 1150 g/mol. The van der Waals surface area contributed by atoms with Crippen molar-refractivity contribution in [3.05, 3.63) is 47.2 Å². The molecule has 26 nitrogen and oxygen atoms in total. The Bertz CT molecular complexity index is 2440. The molecule has 26 heteroatoms. The summed E-state index contributed by atoms with van der Waals surface area (Å²) in [6, 6.07) is 1.46. The highest BCUT2D eigenvalue weighted by atomic mass is 16.7. The first-order valence-corrected chi connectivity index (χ1v) is 27.4. The summed E-state index contributed by atoms with van der Waals surface area (Å²) in [7, 11) is 1.31. The lowest BCUT2D eigenvalue weighted by Crippen LogP contribution is -2.71. The fourth-order valence-corrected chi connectivity index (χ4v) is 9.93. The van der Waals surface area contributed by atoms with Crippen LogP contribution in [0.2, 0.25) is 0 Å². The molecule has 0 spiro atoms. The van der Waals surface area contributed by atoms with Gasteiger partial charge in [0.05, 0.1) is 48.4 Å². The highest BCUT2D eigenvalue weighted by Crippen LogP contribution is 2.36. The number of hydrogen-bond acceptors (Lipinski definition) is 20. The monoisotopic (exact) mass is 1150 g/mol. The number of benzene rings is 1. The van der Waals surface area contributed by atoms with Crippen molar-refractivity contribution >= 4 is 42.1 Å². The van der Waals surface area contributed by atoms with Gasteiger partial charge in [-0.05, 0) is 134 Å². The molecule has 4 aliphatic heterocycles. The Morgan fingerprint density at radius 2 is 1.27 bits per heavy atom. The summed E-state index contributed by atoms with van der Waals surface area (Å²) in [6.07, 6.45) is -13.5. The minimum atomic E-state index is -1.94. The van der Waals surface area contributed by atoms with Gasteiger partial charge in [-0.1, -0.05) is 12.1 Å². The number of likely N-dealkylation sites (tertiary alicyclic amines) is 1. The van der Waals surface area contributed by atoms with Crippen LogP contribution < -0.4 is 21.3 Å². The van der Waals surface area contributed by atoms with Gasteiger partial charge in [-0.25, -0.2) is 19.2 Å². The maximum absolute atomic E-state index is 14.2. The van der Waals surface area contributed by atoms with Crippen LogP contribution in [0.4, 0.5) is 19.2 Å². The molecule has 0 bridgehead atoms. The molecular formula is C55H85N7O19. The summed E-state index contributed by atoms with van der Waals surface area (Å²) >= 11 is 0. The van der Waals surface area contributed by atoms with Crippen molar-refractivity contribution in [2.75, 3.05) is 46.4 Å². The molecule has 6 rings (SSSR count). The van der Waals surface area contributed by atoms with E-state index in [1.165, 1.54) is 23.8 Å². The van der Waals surface area contributed by atoms with Gasteiger partial charge in [0, 0.05) is 32.6 Å². The van der Waals surface area contributed by atoms with E-state index >= 15 is 0 Å². The van der Waals surface area contributed by atoms with Crippen molar-refractivity contribution in [3.8, 4) is 0 Å². The minimum absolute atomic E-state index is 0.0360. The predicted octanol–water partition coefficient (Wildman–Crippen LogP) is 2.63. The van der Waals surface area contributed by atoms with Gasteiger partial charge in [0.15, 0.2) is 6.29 Å². The Morgan fingerprint density at radius 3 is 1.81 bits per heavy atom. The first kappa shape index (κ1) is 64.3. The molecular weight excluding hydrogens is 1060 g/mol. The first-order chi connectivity index (χ1) is 37.4. The van der Waals surface area contributed by atoms with E-state index in [-0.39, 0.29) is 50.8 Å². The zero-order valence-electron chi connectivity index (χ0n) is 48.9. The molecule has 7 amide bonds. The van der Waals surface area contributed by atoms with Crippen molar-refractivity contribution in [2.24, 2.45) is 5.92 Å². The van der Waals surface area contributed by atoms with E-state index < -0.39 is 138 Å². The molecule has 5 aliphatic rings. The maximum Gasteiger partial charge on any atom is 0.410 e. The number of alkyl carbamates (subject to hydrolysis) is 2. The number of nitrogens with zero attached hydrogens (tertiary/aromatic N) is 3. The van der Waals surface area contributed by atoms with E-state index in [2.05, 4.69) is 21.3 Å². The summed E-state index contributed by atoms with van der Waals surface area (Å²) < 4.78 is 47.7. The quantitative estimate of drug-likeness (QED) is 0.0670. The lowest BCUT2D eigenvalue weighted by Gasteiger charge is -2.50. The van der Waals surface area contributed by atoms with Crippen LogP contribution in [0, 0.1) is 5.92 Å². The molecule has 12 atom stereocenters. The largest absolute Gasteiger partial charge is 0.466 e. The smallest absolute Gasteiger partial charge is 0.410 e. The van der Waals surface area contributed by atoms with Gasteiger partial charge in [0.25, 0.3) is 11.8 Å². The van der Waals surface area contributed by atoms with Crippen LogP contribution in [0.1, 0.15) is 130 Å². The van der Waals surface area contributed by atoms with E-state index in [0.717, 1.165) is 4.90 Å². The topological polar surface area (TPSA) is 332 Å². The van der Waals surface area contributed by atoms with Gasteiger partial charge < -0.3 is 89.4 Å². The van der Waals surface area contributed by atoms with E-state index in [9.17, 15) is 54.0 Å². The van der Waals surface area contributed by atoms with E-state index in [1.807, 2.05) is 0 Å². The van der Waals surface area contributed by atoms with Gasteiger partial charge in [0.2, 0.25) is 12.2 Å². The Labute approximate surface area is 472 Å². The van der Waals surface area contributed by atoms with Crippen LogP contribution >= 0.6 is 0 Å². The van der Waals surface area contributed by atoms with Crippen LogP contribution in [0.3, 0.4) is 0 Å². The molecule has 454 valence electrons. The summed E-state index contributed by atoms with van der Waals surface area (Å²) in [5.41, 5.74) is -4.95. The molecule has 0 aromatic heterocycles. The van der Waals surface area contributed by atoms with E-state index in [0.29, 0.717) is 29.9 Å². The van der Waals surface area contributed by atoms with Crippen LogP contribution in [0.15, 0.2) is 36.1 Å². The third-order valence-corrected chi connectivity index (χ3v) is 13.6. The number of imide groups is 1. The standard InChI is InChI=1S/C55H85N7O19/c1-51(2,3)78-47(69)58-33-21-20-30(25-56-22-17-23-62-43(67)31-18-15-16-19-32(31)44(62)68)75-45(33)76-40-35(59-48(70)79-52(4,5)6)24-34(57-42(66)36(63)29-26-61(27-29)50(72)81-54(10,11)12)39(37(40)64)77-46-38(65)41(55(13,73)28-74-46)60(14)49(71)80-53(7,8)9/h15-16,18-20,29,33-41,45-46,56,63-65,73H,17,21-28H2,1-14H3,(H,57,66)(H,58,69)(H,59,70)/t33-,34-,35+,36?,37-,38-,39+,40-,41-,45-,46-,55+/m1/s1. The summed E-state index contributed by atoms with van der Waals surface area (Å²) in [5.74, 6) is -2.15. The molecule has 1 unspecified atom stereocenters. The van der Waals surface area contributed by atoms with Gasteiger partial charge in [0.1, 0.15) is 64.3 Å². The second kappa shape index (κ2) is 25.3. The molecule has 1 aromatic carbocycles. The van der Waals surface area contributed by atoms with E-state index in [4.69, 9.17) is 37.9 Å². The third kappa shape index (κ3) is 17.1. The predicted molar refractivity (Wildman–Crippen MR) is 287 cm³/mol. The van der Waals surface area contributed by atoms with Crippen molar-refractivity contribution < 1.29 is 91.9 Å². The second-order valence-corrected chi connectivity index (χ2v) is 25.4. The van der Waals surface area contributed by atoms with Crippen LogP contribution in [0.5, 0.6) is 0 Å². The number of nitrogens with one attached hydrogen (secondary N) is 4. The number of rotatable bonds is 16. The van der Waals surface area contributed by atoms with Crippen LogP contribution in [-0.2, 0) is 42.7 Å². The Balaban J connectivity index is 1.29. The van der Waals surface area contributed by atoms with Crippen molar-refractivity contribution in [1.29, 1.82) is 0 Å². The summed E-state index contributed by atoms with van der Waals surface area (Å²) in [5, 5.41) is 59.4. The number of hydrogen-bond donors (Lipinski definition) is 8. The maximum atomic E-state index is 14.2. The normalized spacial score (nSPS) is 28.5. The van der Waals surface area contributed by atoms with Crippen LogP contribution in [0.25, 0.3) is 0 Å². The number of carbonyl (C=O) groups excluding carboxylic acids is 7. The molecule has 2 saturated heterocycles. The highest BCUT2D eigenvalue weighted by Gasteiger charge is 2.56. The fraction of sp³-hybridized carbons (Fsp3) is 0.727. The fourth-order valence-electron chi connectivity index (χ4n) is 9.93. The van der Waals surface area contributed by atoms with Gasteiger partial charge >= 0.3 is 24.4 Å². The first-order valence-electron chi connectivity index (χ1n) is 27.4. The molecule has 1 saturated carbocycles. The molecule has 1 aliphatic carbocycles. The number of aliphatic hydroxyl groups is 4. The minimum Gasteiger partial charge on any atom is -0.466 e. The van der Waals surface area contributed by atoms with Crippen molar-refractivity contribution in [2.45, 2.75) is 205 Å². The zero-order valence-corrected chi connectivity index (χ0v) is 48.9. The summed E-state index contributed by atoms with van der Waals surface area (Å²) in [6.45, 7) is 21.2. The highest BCUT2D eigenvalue weighted by molar-refractivity contribution is 6.21. The van der Waals surface area contributed by atoms with Gasteiger partial charge in [-0.3, -0.25) is 19.3 Å². The number of ether oxygens (including phenoxy) is 8. The third-order valence-electron chi connectivity index (χ3n) is 13.6.